The summed E-state index contributed by atoms with van der Waals surface area (Å²) in [4.78, 5) is -0.0423. The number of benzene rings is 2. The molecule has 24 heavy (non-hydrogen) atoms. The van der Waals surface area contributed by atoms with E-state index in [1.807, 2.05) is 24.3 Å². The molecule has 0 atom stereocenters. The maximum Gasteiger partial charge on any atom is 0.248 e. The van der Waals surface area contributed by atoms with Crippen LogP contribution in [-0.4, -0.2) is 26.4 Å². The number of nitrogens with zero attached hydrogens (tertiary/aromatic N) is 2. The van der Waals surface area contributed by atoms with Crippen molar-refractivity contribution in [2.24, 2.45) is 0 Å². The molecule has 0 unspecified atom stereocenters. The lowest BCUT2D eigenvalue weighted by Gasteiger charge is -2.21. The highest BCUT2D eigenvalue weighted by Crippen LogP contribution is 2.31. The SMILES string of the molecule is COc1cc(C)c(N)cc1S(=O)(=O)N(CC#N)Cc1ccccc1. The molecule has 0 aliphatic carbocycles. The number of methoxy groups -OCH3 is 1. The van der Waals surface area contributed by atoms with Crippen LogP contribution in [0.5, 0.6) is 5.75 Å². The quantitative estimate of drug-likeness (QED) is 0.640. The van der Waals surface area contributed by atoms with Crippen molar-refractivity contribution in [2.45, 2.75) is 18.4 Å². The van der Waals surface area contributed by atoms with Gasteiger partial charge in [-0.15, -0.1) is 0 Å². The molecule has 0 aromatic heterocycles. The van der Waals surface area contributed by atoms with E-state index in [-0.39, 0.29) is 23.7 Å². The van der Waals surface area contributed by atoms with Gasteiger partial charge in [0.15, 0.2) is 0 Å². The molecule has 2 aromatic rings. The second kappa shape index (κ2) is 7.34. The van der Waals surface area contributed by atoms with Crippen molar-refractivity contribution < 1.29 is 13.2 Å². The van der Waals surface area contributed by atoms with Crippen LogP contribution in [0, 0.1) is 18.3 Å². The number of hydrogen-bond donors (Lipinski definition) is 1. The summed E-state index contributed by atoms with van der Waals surface area (Å²) in [5, 5.41) is 9.04. The second-order valence-corrected chi connectivity index (χ2v) is 7.18. The zero-order valence-electron chi connectivity index (χ0n) is 13.6. The van der Waals surface area contributed by atoms with Gasteiger partial charge in [-0.05, 0) is 30.2 Å². The Kier molecular flexibility index (Phi) is 5.44. The fourth-order valence-electron chi connectivity index (χ4n) is 2.27. The Hall–Kier alpha value is -2.56. The number of nitriles is 1. The van der Waals surface area contributed by atoms with E-state index in [4.69, 9.17) is 15.7 Å². The zero-order chi connectivity index (χ0) is 17.7. The van der Waals surface area contributed by atoms with Gasteiger partial charge in [-0.1, -0.05) is 30.3 Å². The first-order valence-electron chi connectivity index (χ1n) is 7.25. The lowest BCUT2D eigenvalue weighted by molar-refractivity contribution is 0.394. The van der Waals surface area contributed by atoms with E-state index in [1.165, 1.54) is 13.2 Å². The molecular weight excluding hydrogens is 326 g/mol. The molecule has 6 nitrogen and oxygen atoms in total. The standard InChI is InChI=1S/C17H19N3O3S/c1-13-10-16(23-2)17(11-15(13)19)24(21,22)20(9-8-18)12-14-6-4-3-5-7-14/h3-7,10-11H,9,12,19H2,1-2H3. The predicted molar refractivity (Wildman–Crippen MR) is 91.8 cm³/mol. The zero-order valence-corrected chi connectivity index (χ0v) is 14.4. The van der Waals surface area contributed by atoms with Crippen LogP contribution in [0.25, 0.3) is 0 Å². The van der Waals surface area contributed by atoms with Gasteiger partial charge in [-0.25, -0.2) is 8.42 Å². The largest absolute Gasteiger partial charge is 0.495 e. The number of nitrogen functional groups attached to an aromatic ring is 1. The maximum atomic E-state index is 13.0. The van der Waals surface area contributed by atoms with Crippen LogP contribution in [0.1, 0.15) is 11.1 Å². The Bertz CT molecular complexity index is 859. The Morgan fingerprint density at radius 1 is 1.25 bits per heavy atom. The van der Waals surface area contributed by atoms with Crippen molar-refractivity contribution in [3.8, 4) is 11.8 Å². The minimum atomic E-state index is -3.94. The first-order valence-corrected chi connectivity index (χ1v) is 8.69. The molecule has 2 rings (SSSR count). The molecule has 0 spiro atoms. The summed E-state index contributed by atoms with van der Waals surface area (Å²) in [6.07, 6.45) is 0. The second-order valence-electron chi connectivity index (χ2n) is 5.28. The molecule has 2 N–H and O–H groups in total. The van der Waals surface area contributed by atoms with Gasteiger partial charge in [0.1, 0.15) is 17.2 Å². The number of sulfonamides is 1. The van der Waals surface area contributed by atoms with Gasteiger partial charge < -0.3 is 10.5 Å². The Balaban J connectivity index is 2.49. The van der Waals surface area contributed by atoms with E-state index in [0.717, 1.165) is 15.4 Å². The molecule has 0 amide bonds. The molecule has 0 aliphatic heterocycles. The highest BCUT2D eigenvalue weighted by Gasteiger charge is 2.28. The highest BCUT2D eigenvalue weighted by molar-refractivity contribution is 7.89. The third kappa shape index (κ3) is 3.67. The average molecular weight is 345 g/mol. The number of aryl methyl sites for hydroxylation is 1. The van der Waals surface area contributed by atoms with Crippen molar-refractivity contribution in [1.29, 1.82) is 5.26 Å². The van der Waals surface area contributed by atoms with Crippen LogP contribution in [-0.2, 0) is 16.6 Å². The number of nitrogens with two attached hydrogens (primary N) is 1. The van der Waals surface area contributed by atoms with Crippen LogP contribution in [0.3, 0.4) is 0 Å². The molecule has 0 radical (unpaired) electrons. The minimum absolute atomic E-state index is 0.0423. The van der Waals surface area contributed by atoms with E-state index < -0.39 is 10.0 Å². The first kappa shape index (κ1) is 17.8. The summed E-state index contributed by atoms with van der Waals surface area (Å²) in [6, 6.07) is 13.9. The molecule has 0 bridgehead atoms. The lowest BCUT2D eigenvalue weighted by Crippen LogP contribution is -2.31. The van der Waals surface area contributed by atoms with Crippen molar-refractivity contribution >= 4 is 15.7 Å². The van der Waals surface area contributed by atoms with Crippen molar-refractivity contribution in [1.82, 2.24) is 4.31 Å². The molecule has 0 saturated heterocycles. The van der Waals surface area contributed by atoms with Crippen molar-refractivity contribution in [2.75, 3.05) is 19.4 Å². The number of hydrogen-bond acceptors (Lipinski definition) is 5. The molecule has 0 aliphatic rings. The van der Waals surface area contributed by atoms with Crippen molar-refractivity contribution in [3.63, 3.8) is 0 Å². The topological polar surface area (TPSA) is 96.4 Å². The number of ether oxygens (including phenoxy) is 1. The summed E-state index contributed by atoms with van der Waals surface area (Å²) < 4.78 is 32.3. The molecule has 2 aromatic carbocycles. The molecule has 126 valence electrons. The van der Waals surface area contributed by atoms with Crippen LogP contribution in [0.2, 0.25) is 0 Å². The lowest BCUT2D eigenvalue weighted by atomic mass is 10.2. The van der Waals surface area contributed by atoms with Crippen LogP contribution >= 0.6 is 0 Å². The fraction of sp³-hybridized carbons (Fsp3) is 0.235. The number of rotatable bonds is 6. The van der Waals surface area contributed by atoms with E-state index in [1.54, 1.807) is 25.1 Å². The van der Waals surface area contributed by atoms with E-state index in [9.17, 15) is 8.42 Å². The summed E-state index contributed by atoms with van der Waals surface area (Å²) in [5.74, 6) is 0.206. The van der Waals surface area contributed by atoms with Gasteiger partial charge in [0.25, 0.3) is 0 Å². The van der Waals surface area contributed by atoms with Gasteiger partial charge >= 0.3 is 0 Å². The first-order chi connectivity index (χ1) is 11.4. The van der Waals surface area contributed by atoms with Crippen LogP contribution in [0.15, 0.2) is 47.4 Å². The predicted octanol–water partition coefficient (Wildman–Crippen LogP) is 2.30. The molecular formula is C17H19N3O3S. The summed E-state index contributed by atoms with van der Waals surface area (Å²) in [7, 11) is -2.54. The summed E-state index contributed by atoms with van der Waals surface area (Å²) in [5.41, 5.74) is 7.73. The Labute approximate surface area is 142 Å². The summed E-state index contributed by atoms with van der Waals surface area (Å²) >= 11 is 0. The third-order valence-corrected chi connectivity index (χ3v) is 5.43. The van der Waals surface area contributed by atoms with Gasteiger partial charge in [0, 0.05) is 12.2 Å². The highest BCUT2D eigenvalue weighted by atomic mass is 32.2. The van der Waals surface area contributed by atoms with Gasteiger partial charge in [-0.2, -0.15) is 9.57 Å². The smallest absolute Gasteiger partial charge is 0.248 e. The molecule has 7 heteroatoms. The van der Waals surface area contributed by atoms with Crippen LogP contribution in [0.4, 0.5) is 5.69 Å². The minimum Gasteiger partial charge on any atom is -0.495 e. The Morgan fingerprint density at radius 2 is 1.92 bits per heavy atom. The van der Waals surface area contributed by atoms with Gasteiger partial charge in [0.2, 0.25) is 10.0 Å². The van der Waals surface area contributed by atoms with Crippen molar-refractivity contribution in [3.05, 3.63) is 53.6 Å². The van der Waals surface area contributed by atoms with E-state index >= 15 is 0 Å². The van der Waals surface area contributed by atoms with Gasteiger partial charge in [-0.3, -0.25) is 0 Å². The number of anilines is 1. The maximum absolute atomic E-state index is 13.0. The van der Waals surface area contributed by atoms with Crippen LogP contribution < -0.4 is 10.5 Å². The average Bonchev–Trinajstić information content (AvgIpc) is 2.57. The van der Waals surface area contributed by atoms with E-state index in [2.05, 4.69) is 0 Å². The molecule has 0 heterocycles. The fourth-order valence-corrected chi connectivity index (χ4v) is 3.77. The monoisotopic (exact) mass is 345 g/mol. The molecule has 0 fully saturated rings. The summed E-state index contributed by atoms with van der Waals surface area (Å²) in [6.45, 7) is 1.59. The Morgan fingerprint density at radius 3 is 2.50 bits per heavy atom. The third-order valence-electron chi connectivity index (χ3n) is 3.62. The normalized spacial score (nSPS) is 11.2. The van der Waals surface area contributed by atoms with Gasteiger partial charge in [0.05, 0.1) is 13.2 Å². The molecule has 0 saturated carbocycles. The van der Waals surface area contributed by atoms with E-state index in [0.29, 0.717) is 5.69 Å².